The van der Waals surface area contributed by atoms with Gasteiger partial charge >= 0.3 is 0 Å². The van der Waals surface area contributed by atoms with Crippen molar-refractivity contribution in [3.05, 3.63) is 29.3 Å². The fraction of sp³-hybridized carbons (Fsp3) is 0.647. The largest absolute Gasteiger partial charge is 0.399 e. The van der Waals surface area contributed by atoms with E-state index in [0.29, 0.717) is 6.04 Å². The maximum Gasteiger partial charge on any atom is 0.0761 e. The van der Waals surface area contributed by atoms with E-state index >= 15 is 0 Å². The van der Waals surface area contributed by atoms with Crippen LogP contribution in [0.1, 0.15) is 51.3 Å². The highest BCUT2D eigenvalue weighted by atomic mass is 16.5. The van der Waals surface area contributed by atoms with Crippen LogP contribution in [0.25, 0.3) is 0 Å². The normalized spacial score (nSPS) is 28.3. The standard InChI is InChI=1S/C17H26N2O/c1-16(2)10-19(11-17(3,4)20-16)15-8-5-12-9-13(18)6-7-14(12)15/h6-7,9,15H,5,8,10-11,18H2,1-4H3. The highest BCUT2D eigenvalue weighted by Crippen LogP contribution is 2.40. The Morgan fingerprint density at radius 2 is 1.80 bits per heavy atom. The van der Waals surface area contributed by atoms with Crippen LogP contribution in [-0.4, -0.2) is 29.2 Å². The lowest BCUT2D eigenvalue weighted by molar-refractivity contribution is -0.188. The van der Waals surface area contributed by atoms with Gasteiger partial charge in [0, 0.05) is 24.8 Å². The Balaban J connectivity index is 1.88. The first-order valence-electron chi connectivity index (χ1n) is 7.58. The van der Waals surface area contributed by atoms with Crippen LogP contribution in [0, 0.1) is 0 Å². The first-order valence-corrected chi connectivity index (χ1v) is 7.58. The average molecular weight is 274 g/mol. The van der Waals surface area contributed by atoms with Gasteiger partial charge in [-0.25, -0.2) is 0 Å². The fourth-order valence-corrected chi connectivity index (χ4v) is 4.06. The summed E-state index contributed by atoms with van der Waals surface area (Å²) < 4.78 is 6.20. The zero-order chi connectivity index (χ0) is 14.5. The highest BCUT2D eigenvalue weighted by Gasteiger charge is 2.42. The number of nitrogen functional groups attached to an aromatic ring is 1. The van der Waals surface area contributed by atoms with E-state index in [-0.39, 0.29) is 11.2 Å². The second kappa shape index (κ2) is 4.47. The van der Waals surface area contributed by atoms with E-state index in [1.165, 1.54) is 17.5 Å². The van der Waals surface area contributed by atoms with Crippen LogP contribution < -0.4 is 5.73 Å². The van der Waals surface area contributed by atoms with Gasteiger partial charge in [-0.1, -0.05) is 6.07 Å². The van der Waals surface area contributed by atoms with Crippen molar-refractivity contribution in [3.63, 3.8) is 0 Å². The molecular weight excluding hydrogens is 248 g/mol. The number of fused-ring (bicyclic) bond motifs is 1. The van der Waals surface area contributed by atoms with E-state index in [9.17, 15) is 0 Å². The van der Waals surface area contributed by atoms with Crippen molar-refractivity contribution in [3.8, 4) is 0 Å². The van der Waals surface area contributed by atoms with Crippen molar-refractivity contribution < 1.29 is 4.74 Å². The molecule has 1 atom stereocenters. The number of anilines is 1. The number of ether oxygens (including phenoxy) is 1. The summed E-state index contributed by atoms with van der Waals surface area (Å²) in [6.45, 7) is 10.8. The number of benzene rings is 1. The van der Waals surface area contributed by atoms with Gasteiger partial charge in [0.25, 0.3) is 0 Å². The number of rotatable bonds is 1. The molecule has 2 aliphatic rings. The zero-order valence-electron chi connectivity index (χ0n) is 13.1. The van der Waals surface area contributed by atoms with Crippen LogP contribution in [0.2, 0.25) is 0 Å². The molecule has 1 aromatic carbocycles. The van der Waals surface area contributed by atoms with Crippen molar-refractivity contribution in [1.82, 2.24) is 4.90 Å². The topological polar surface area (TPSA) is 38.5 Å². The van der Waals surface area contributed by atoms with Crippen LogP contribution in [0.3, 0.4) is 0 Å². The Labute approximate surface area is 122 Å². The van der Waals surface area contributed by atoms with E-state index in [4.69, 9.17) is 10.5 Å². The van der Waals surface area contributed by atoms with Gasteiger partial charge in [0.05, 0.1) is 11.2 Å². The number of morpholine rings is 1. The summed E-state index contributed by atoms with van der Waals surface area (Å²) >= 11 is 0. The monoisotopic (exact) mass is 274 g/mol. The van der Waals surface area contributed by atoms with Crippen molar-refractivity contribution in [2.75, 3.05) is 18.8 Å². The number of nitrogens with zero attached hydrogens (tertiary/aromatic N) is 1. The lowest BCUT2D eigenvalue weighted by atomic mass is 9.95. The molecule has 0 saturated carbocycles. The van der Waals surface area contributed by atoms with Gasteiger partial charge in [-0.2, -0.15) is 0 Å². The van der Waals surface area contributed by atoms with Crippen LogP contribution >= 0.6 is 0 Å². The molecule has 0 spiro atoms. The summed E-state index contributed by atoms with van der Waals surface area (Å²) in [7, 11) is 0. The summed E-state index contributed by atoms with van der Waals surface area (Å²) in [5, 5.41) is 0. The quantitative estimate of drug-likeness (QED) is 0.800. The SMILES string of the molecule is CC1(C)CN(C2CCc3cc(N)ccc32)CC(C)(C)O1. The molecule has 3 heteroatoms. The first kappa shape index (κ1) is 13.9. The molecule has 0 amide bonds. The molecular formula is C17H26N2O. The third kappa shape index (κ3) is 2.57. The predicted molar refractivity (Wildman–Crippen MR) is 82.7 cm³/mol. The molecule has 1 heterocycles. The third-order valence-corrected chi connectivity index (χ3v) is 4.37. The Morgan fingerprint density at radius 3 is 2.45 bits per heavy atom. The average Bonchev–Trinajstić information content (AvgIpc) is 2.67. The Kier molecular flexibility index (Phi) is 3.11. The maximum absolute atomic E-state index is 6.20. The Hall–Kier alpha value is -1.06. The molecule has 1 aliphatic carbocycles. The third-order valence-electron chi connectivity index (χ3n) is 4.37. The lowest BCUT2D eigenvalue weighted by Crippen LogP contribution is -2.57. The van der Waals surface area contributed by atoms with Crippen LogP contribution in [0.15, 0.2) is 18.2 Å². The first-order chi connectivity index (χ1) is 9.26. The molecule has 1 fully saturated rings. The number of hydrogen-bond acceptors (Lipinski definition) is 3. The van der Waals surface area contributed by atoms with Gasteiger partial charge in [-0.05, 0) is 63.8 Å². The summed E-state index contributed by atoms with van der Waals surface area (Å²) in [5.41, 5.74) is 9.51. The lowest BCUT2D eigenvalue weighted by Gasteiger charge is -2.49. The molecule has 1 unspecified atom stereocenters. The van der Waals surface area contributed by atoms with Crippen LogP contribution in [-0.2, 0) is 11.2 Å². The van der Waals surface area contributed by atoms with E-state index < -0.39 is 0 Å². The number of nitrogens with two attached hydrogens (primary N) is 1. The molecule has 1 saturated heterocycles. The van der Waals surface area contributed by atoms with E-state index in [1.54, 1.807) is 0 Å². The fourth-order valence-electron chi connectivity index (χ4n) is 4.06. The van der Waals surface area contributed by atoms with Gasteiger partial charge in [-0.15, -0.1) is 0 Å². The summed E-state index contributed by atoms with van der Waals surface area (Å²) in [5.74, 6) is 0. The summed E-state index contributed by atoms with van der Waals surface area (Å²) in [6, 6.07) is 6.92. The minimum Gasteiger partial charge on any atom is -0.399 e. The highest BCUT2D eigenvalue weighted by molar-refractivity contribution is 5.47. The molecule has 110 valence electrons. The second-order valence-corrected chi connectivity index (χ2v) is 7.54. The van der Waals surface area contributed by atoms with Crippen molar-refractivity contribution in [2.24, 2.45) is 0 Å². The molecule has 0 radical (unpaired) electrons. The van der Waals surface area contributed by atoms with Crippen molar-refractivity contribution in [1.29, 1.82) is 0 Å². The van der Waals surface area contributed by atoms with E-state index in [2.05, 4.69) is 44.7 Å². The number of hydrogen-bond donors (Lipinski definition) is 1. The minimum atomic E-state index is -0.0850. The Bertz CT molecular complexity index is 506. The molecule has 0 aromatic heterocycles. The molecule has 2 N–H and O–H groups in total. The maximum atomic E-state index is 6.20. The Morgan fingerprint density at radius 1 is 1.15 bits per heavy atom. The van der Waals surface area contributed by atoms with Gasteiger partial charge < -0.3 is 10.5 Å². The molecule has 3 rings (SSSR count). The van der Waals surface area contributed by atoms with Gasteiger partial charge in [-0.3, -0.25) is 4.90 Å². The van der Waals surface area contributed by atoms with Gasteiger partial charge in [0.1, 0.15) is 0 Å². The number of aryl methyl sites for hydroxylation is 1. The van der Waals surface area contributed by atoms with Crippen LogP contribution in [0.5, 0.6) is 0 Å². The zero-order valence-corrected chi connectivity index (χ0v) is 13.1. The van der Waals surface area contributed by atoms with E-state index in [1.807, 2.05) is 6.07 Å². The van der Waals surface area contributed by atoms with Crippen molar-refractivity contribution in [2.45, 2.75) is 57.8 Å². The second-order valence-electron chi connectivity index (χ2n) is 7.54. The van der Waals surface area contributed by atoms with Crippen molar-refractivity contribution >= 4 is 5.69 Å². The molecule has 1 aliphatic heterocycles. The molecule has 1 aromatic rings. The molecule has 0 bridgehead atoms. The van der Waals surface area contributed by atoms with Gasteiger partial charge in [0.15, 0.2) is 0 Å². The summed E-state index contributed by atoms with van der Waals surface area (Å²) in [4.78, 5) is 2.60. The smallest absolute Gasteiger partial charge is 0.0761 e. The van der Waals surface area contributed by atoms with Gasteiger partial charge in [0.2, 0.25) is 0 Å². The van der Waals surface area contributed by atoms with E-state index in [0.717, 1.165) is 25.2 Å². The summed E-state index contributed by atoms with van der Waals surface area (Å²) in [6.07, 6.45) is 2.34. The predicted octanol–water partition coefficient (Wildman–Crippen LogP) is 3.15. The molecule has 3 nitrogen and oxygen atoms in total. The van der Waals surface area contributed by atoms with Crippen LogP contribution in [0.4, 0.5) is 5.69 Å². The molecule has 20 heavy (non-hydrogen) atoms. The minimum absolute atomic E-state index is 0.0850.